The summed E-state index contributed by atoms with van der Waals surface area (Å²) in [6.45, 7) is 0. The summed E-state index contributed by atoms with van der Waals surface area (Å²) in [6, 6.07) is 4.02. The van der Waals surface area contributed by atoms with Gasteiger partial charge in [-0.3, -0.25) is 14.9 Å². The summed E-state index contributed by atoms with van der Waals surface area (Å²) in [5.41, 5.74) is -0.324. The summed E-state index contributed by atoms with van der Waals surface area (Å²) >= 11 is 0. The molecule has 0 heterocycles. The lowest BCUT2D eigenvalue weighted by Crippen LogP contribution is -2.06. The van der Waals surface area contributed by atoms with Crippen LogP contribution in [-0.4, -0.2) is 23.1 Å². The molecule has 0 fully saturated rings. The van der Waals surface area contributed by atoms with Gasteiger partial charge in [0.2, 0.25) is 0 Å². The maximum absolute atomic E-state index is 10.9. The minimum Gasteiger partial charge on any atom is -0.502 e. The van der Waals surface area contributed by atoms with Crippen molar-refractivity contribution in [1.29, 1.82) is 0 Å². The van der Waals surface area contributed by atoms with Crippen molar-refractivity contribution >= 4 is 11.7 Å². The summed E-state index contributed by atoms with van der Waals surface area (Å²) in [5, 5.41) is 19.9. The molecule has 6 nitrogen and oxygen atoms in total. The number of carbonyl (C=O) groups excluding carboxylic acids is 1. The Bertz CT molecular complexity index is 401. The third kappa shape index (κ3) is 2.43. The summed E-state index contributed by atoms with van der Waals surface area (Å²) in [5.74, 6) is -1.05. The van der Waals surface area contributed by atoms with E-state index in [0.717, 1.165) is 0 Å². The summed E-state index contributed by atoms with van der Waals surface area (Å²) in [7, 11) is 1.19. The van der Waals surface area contributed by atoms with Crippen molar-refractivity contribution in [3.8, 4) is 5.75 Å². The SMILES string of the molecule is COC(=O)Cc1cccc(O)c1[N+](=O)[O-]. The number of rotatable bonds is 3. The highest BCUT2D eigenvalue weighted by Gasteiger charge is 2.20. The van der Waals surface area contributed by atoms with E-state index in [1.165, 1.54) is 25.3 Å². The molecule has 1 N–H and O–H groups in total. The van der Waals surface area contributed by atoms with Gasteiger partial charge in [-0.1, -0.05) is 12.1 Å². The molecule has 0 saturated carbocycles. The van der Waals surface area contributed by atoms with Crippen molar-refractivity contribution in [3.05, 3.63) is 33.9 Å². The molecule has 1 rings (SSSR count). The number of phenols is 1. The average molecular weight is 211 g/mol. The highest BCUT2D eigenvalue weighted by Crippen LogP contribution is 2.29. The van der Waals surface area contributed by atoms with E-state index in [1.807, 2.05) is 0 Å². The van der Waals surface area contributed by atoms with Crippen LogP contribution in [0, 0.1) is 10.1 Å². The second-order valence-corrected chi connectivity index (χ2v) is 2.79. The Morgan fingerprint density at radius 3 is 2.80 bits per heavy atom. The smallest absolute Gasteiger partial charge is 0.314 e. The number of esters is 1. The molecule has 0 atom stereocenters. The van der Waals surface area contributed by atoms with Crippen LogP contribution < -0.4 is 0 Å². The van der Waals surface area contributed by atoms with E-state index in [4.69, 9.17) is 0 Å². The van der Waals surface area contributed by atoms with Crippen molar-refractivity contribution < 1.29 is 19.6 Å². The Kier molecular flexibility index (Phi) is 3.22. The Morgan fingerprint density at radius 1 is 1.60 bits per heavy atom. The molecule has 0 spiro atoms. The Balaban J connectivity index is 3.11. The number of aromatic hydroxyl groups is 1. The number of hydrogen-bond acceptors (Lipinski definition) is 5. The normalized spacial score (nSPS) is 9.67. The highest BCUT2D eigenvalue weighted by atomic mass is 16.6. The number of nitrogens with zero attached hydrogens (tertiary/aromatic N) is 1. The van der Waals surface area contributed by atoms with Crippen molar-refractivity contribution in [3.63, 3.8) is 0 Å². The molecule has 0 aliphatic carbocycles. The first kappa shape index (κ1) is 11.0. The maximum Gasteiger partial charge on any atom is 0.314 e. The van der Waals surface area contributed by atoms with Crippen LogP contribution >= 0.6 is 0 Å². The second kappa shape index (κ2) is 4.41. The molecule has 6 heteroatoms. The Morgan fingerprint density at radius 2 is 2.27 bits per heavy atom. The van der Waals surface area contributed by atoms with Crippen LogP contribution in [0.2, 0.25) is 0 Å². The van der Waals surface area contributed by atoms with Gasteiger partial charge in [-0.2, -0.15) is 0 Å². The van der Waals surface area contributed by atoms with Gasteiger partial charge in [-0.05, 0) is 6.07 Å². The van der Waals surface area contributed by atoms with Gasteiger partial charge in [0.25, 0.3) is 0 Å². The average Bonchev–Trinajstić information content (AvgIpc) is 2.17. The van der Waals surface area contributed by atoms with E-state index in [9.17, 15) is 20.0 Å². The monoisotopic (exact) mass is 211 g/mol. The Labute approximate surface area is 85.2 Å². The molecule has 1 aromatic rings. The first-order valence-electron chi connectivity index (χ1n) is 4.08. The topological polar surface area (TPSA) is 89.7 Å². The second-order valence-electron chi connectivity index (χ2n) is 2.79. The molecule has 0 saturated heterocycles. The van der Waals surface area contributed by atoms with Crippen LogP contribution in [-0.2, 0) is 16.0 Å². The molecule has 80 valence electrons. The van der Waals surface area contributed by atoms with Crippen molar-refractivity contribution in [2.75, 3.05) is 7.11 Å². The molecular weight excluding hydrogens is 202 g/mol. The van der Waals surface area contributed by atoms with E-state index < -0.39 is 22.3 Å². The molecule has 0 bridgehead atoms. The molecule has 0 amide bonds. The van der Waals surface area contributed by atoms with Gasteiger partial charge in [-0.25, -0.2) is 0 Å². The number of hydrogen-bond donors (Lipinski definition) is 1. The van der Waals surface area contributed by atoms with Crippen molar-refractivity contribution in [2.24, 2.45) is 0 Å². The Hall–Kier alpha value is -2.11. The van der Waals surface area contributed by atoms with Crippen LogP contribution in [0.4, 0.5) is 5.69 Å². The summed E-state index contributed by atoms with van der Waals surface area (Å²) in [4.78, 5) is 20.8. The zero-order chi connectivity index (χ0) is 11.4. The van der Waals surface area contributed by atoms with Crippen molar-refractivity contribution in [1.82, 2.24) is 0 Å². The molecular formula is C9H9NO5. The van der Waals surface area contributed by atoms with E-state index in [2.05, 4.69) is 4.74 Å². The van der Waals surface area contributed by atoms with Gasteiger partial charge >= 0.3 is 11.7 Å². The third-order valence-electron chi connectivity index (χ3n) is 1.84. The molecule has 1 aromatic carbocycles. The quantitative estimate of drug-likeness (QED) is 0.458. The molecule has 0 radical (unpaired) electrons. The largest absolute Gasteiger partial charge is 0.502 e. The lowest BCUT2D eigenvalue weighted by molar-refractivity contribution is -0.386. The third-order valence-corrected chi connectivity index (χ3v) is 1.84. The first-order chi connectivity index (χ1) is 7.06. The van der Waals surface area contributed by atoms with Gasteiger partial charge in [0, 0.05) is 5.56 Å². The minimum atomic E-state index is -0.729. The predicted octanol–water partition coefficient (Wildman–Crippen LogP) is 1.02. The fraction of sp³-hybridized carbons (Fsp3) is 0.222. The van der Waals surface area contributed by atoms with Gasteiger partial charge < -0.3 is 9.84 Å². The van der Waals surface area contributed by atoms with Gasteiger partial charge in [0.1, 0.15) is 0 Å². The standard InChI is InChI=1S/C9H9NO5/c1-15-8(12)5-6-3-2-4-7(11)9(6)10(13)14/h2-4,11H,5H2,1H3. The molecule has 0 unspecified atom stereocenters. The van der Waals surface area contributed by atoms with Crippen LogP contribution in [0.3, 0.4) is 0 Å². The maximum atomic E-state index is 10.9. The zero-order valence-corrected chi connectivity index (χ0v) is 7.97. The fourth-order valence-corrected chi connectivity index (χ4v) is 1.16. The van der Waals surface area contributed by atoms with E-state index in [-0.39, 0.29) is 12.0 Å². The number of carbonyl (C=O) groups is 1. The molecule has 0 aromatic heterocycles. The molecule has 0 aliphatic rings. The first-order valence-corrected chi connectivity index (χ1v) is 4.08. The summed E-state index contributed by atoms with van der Waals surface area (Å²) in [6.07, 6.45) is -0.235. The van der Waals surface area contributed by atoms with Gasteiger partial charge in [0.05, 0.1) is 18.5 Å². The minimum absolute atomic E-state index is 0.131. The predicted molar refractivity (Wildman–Crippen MR) is 50.5 cm³/mol. The van der Waals surface area contributed by atoms with Crippen molar-refractivity contribution in [2.45, 2.75) is 6.42 Å². The molecule has 0 aliphatic heterocycles. The van der Waals surface area contributed by atoms with E-state index in [1.54, 1.807) is 0 Å². The highest BCUT2D eigenvalue weighted by molar-refractivity contribution is 5.74. The molecule has 15 heavy (non-hydrogen) atoms. The number of ether oxygens (including phenoxy) is 1. The summed E-state index contributed by atoms with van der Waals surface area (Å²) < 4.78 is 4.39. The van der Waals surface area contributed by atoms with E-state index >= 15 is 0 Å². The number of nitro benzene ring substituents is 1. The van der Waals surface area contributed by atoms with Gasteiger partial charge in [0.15, 0.2) is 5.75 Å². The number of para-hydroxylation sites is 1. The lowest BCUT2D eigenvalue weighted by atomic mass is 10.1. The van der Waals surface area contributed by atoms with Crippen LogP contribution in [0.5, 0.6) is 5.75 Å². The fourth-order valence-electron chi connectivity index (χ4n) is 1.16. The number of nitro groups is 1. The van der Waals surface area contributed by atoms with E-state index in [0.29, 0.717) is 0 Å². The number of phenolic OH excluding ortho intramolecular Hbond substituents is 1. The number of methoxy groups -OCH3 is 1. The van der Waals surface area contributed by atoms with Crippen LogP contribution in [0.15, 0.2) is 18.2 Å². The van der Waals surface area contributed by atoms with Crippen LogP contribution in [0.1, 0.15) is 5.56 Å². The zero-order valence-electron chi connectivity index (χ0n) is 7.97. The van der Waals surface area contributed by atoms with Crippen LogP contribution in [0.25, 0.3) is 0 Å². The number of benzene rings is 1. The lowest BCUT2D eigenvalue weighted by Gasteiger charge is -2.02. The van der Waals surface area contributed by atoms with Gasteiger partial charge in [-0.15, -0.1) is 0 Å².